The summed E-state index contributed by atoms with van der Waals surface area (Å²) in [6, 6.07) is 87.2. The molecule has 0 N–H and O–H groups in total. The lowest BCUT2D eigenvalue weighted by atomic mass is 9.97. The molecule has 274 valence electrons. The summed E-state index contributed by atoms with van der Waals surface area (Å²) < 4.78 is 0. The van der Waals surface area contributed by atoms with E-state index in [1.54, 1.807) is 0 Å². The van der Waals surface area contributed by atoms with Gasteiger partial charge in [0.25, 0.3) is 0 Å². The Bertz CT molecular complexity index is 2970. The lowest BCUT2D eigenvalue weighted by molar-refractivity contribution is 1.29. The highest BCUT2D eigenvalue weighted by Crippen LogP contribution is 2.39. The third-order valence-electron chi connectivity index (χ3n) is 11.0. The van der Waals surface area contributed by atoms with Crippen molar-refractivity contribution in [3.8, 4) is 33.4 Å². The molecule has 0 aliphatic rings. The van der Waals surface area contributed by atoms with Gasteiger partial charge in [-0.25, -0.2) is 0 Å². The minimum absolute atomic E-state index is 1.12. The number of hydrogen-bond donors (Lipinski definition) is 0. The van der Waals surface area contributed by atoms with Gasteiger partial charge in [-0.15, -0.1) is 0 Å². The summed E-state index contributed by atoms with van der Waals surface area (Å²) in [4.78, 5) is 4.65. The Kier molecular flexibility index (Phi) is 9.27. The Morgan fingerprint density at radius 2 is 0.483 bits per heavy atom. The first-order chi connectivity index (χ1) is 28.7. The summed E-state index contributed by atoms with van der Waals surface area (Å²) in [5.74, 6) is 0. The van der Waals surface area contributed by atoms with E-state index in [-0.39, 0.29) is 0 Å². The number of para-hydroxylation sites is 2. The van der Waals surface area contributed by atoms with Crippen LogP contribution < -0.4 is 9.80 Å². The van der Waals surface area contributed by atoms with Crippen LogP contribution in [0.25, 0.3) is 54.9 Å². The lowest BCUT2D eigenvalue weighted by Crippen LogP contribution is -2.09. The molecule has 0 aliphatic carbocycles. The zero-order chi connectivity index (χ0) is 38.7. The quantitative estimate of drug-likeness (QED) is 0.145. The summed E-state index contributed by atoms with van der Waals surface area (Å²) >= 11 is 0. The number of rotatable bonds is 9. The van der Waals surface area contributed by atoms with Crippen molar-refractivity contribution in [3.63, 3.8) is 0 Å². The first kappa shape index (κ1) is 34.8. The van der Waals surface area contributed by atoms with Gasteiger partial charge in [-0.05, 0) is 134 Å². The molecule has 0 unspecified atom stereocenters. The number of anilines is 6. The first-order valence-corrected chi connectivity index (χ1v) is 19.8. The molecule has 0 heterocycles. The lowest BCUT2D eigenvalue weighted by Gasteiger charge is -2.26. The smallest absolute Gasteiger partial charge is 0.0468 e. The molecule has 0 amide bonds. The minimum atomic E-state index is 1.12. The van der Waals surface area contributed by atoms with Crippen molar-refractivity contribution in [1.29, 1.82) is 0 Å². The Hall–Kier alpha value is -7.68. The maximum atomic E-state index is 2.33. The summed E-state index contributed by atoms with van der Waals surface area (Å²) in [5, 5.41) is 4.93. The van der Waals surface area contributed by atoms with Crippen LogP contribution >= 0.6 is 0 Å². The largest absolute Gasteiger partial charge is 0.310 e. The average molecular weight is 741 g/mol. The van der Waals surface area contributed by atoms with Gasteiger partial charge in [0.05, 0.1) is 0 Å². The van der Waals surface area contributed by atoms with Gasteiger partial charge < -0.3 is 9.80 Å². The van der Waals surface area contributed by atoms with Gasteiger partial charge in [-0.3, -0.25) is 0 Å². The van der Waals surface area contributed by atoms with Crippen molar-refractivity contribution >= 4 is 55.7 Å². The second-order valence-electron chi connectivity index (χ2n) is 14.7. The molecule has 0 aromatic heterocycles. The third-order valence-corrected chi connectivity index (χ3v) is 11.0. The highest BCUT2D eigenvalue weighted by molar-refractivity contribution is 5.91. The van der Waals surface area contributed by atoms with Crippen molar-refractivity contribution in [1.82, 2.24) is 0 Å². The molecule has 10 aromatic carbocycles. The molecule has 58 heavy (non-hydrogen) atoms. The highest BCUT2D eigenvalue weighted by Gasteiger charge is 2.15. The molecule has 2 nitrogen and oxygen atoms in total. The van der Waals surface area contributed by atoms with E-state index in [9.17, 15) is 0 Å². The van der Waals surface area contributed by atoms with Crippen LogP contribution in [0.5, 0.6) is 0 Å². The minimum Gasteiger partial charge on any atom is -0.310 e. The van der Waals surface area contributed by atoms with Gasteiger partial charge in [0.2, 0.25) is 0 Å². The fourth-order valence-electron chi connectivity index (χ4n) is 8.02. The van der Waals surface area contributed by atoms with Gasteiger partial charge in [-0.2, -0.15) is 0 Å². The van der Waals surface area contributed by atoms with E-state index in [0.29, 0.717) is 0 Å². The van der Waals surface area contributed by atoms with Crippen LogP contribution in [0.15, 0.2) is 243 Å². The van der Waals surface area contributed by atoms with E-state index in [2.05, 4.69) is 252 Å². The molecule has 10 aromatic rings. The maximum absolute atomic E-state index is 2.33. The van der Waals surface area contributed by atoms with E-state index in [1.807, 2.05) is 0 Å². The molecule has 0 bridgehead atoms. The zero-order valence-corrected chi connectivity index (χ0v) is 32.0. The van der Waals surface area contributed by atoms with Crippen LogP contribution in [0.1, 0.15) is 0 Å². The topological polar surface area (TPSA) is 6.48 Å². The van der Waals surface area contributed by atoms with E-state index >= 15 is 0 Å². The average Bonchev–Trinajstić information content (AvgIpc) is 3.30. The number of fused-ring (bicyclic) bond motifs is 2. The molecular formula is C56H40N2. The Labute approximate surface area is 340 Å². The molecule has 0 aliphatic heterocycles. The van der Waals surface area contributed by atoms with E-state index in [0.717, 1.165) is 34.1 Å². The number of benzene rings is 10. The summed E-state index contributed by atoms with van der Waals surface area (Å²) in [6.45, 7) is 0. The van der Waals surface area contributed by atoms with Gasteiger partial charge in [0.15, 0.2) is 0 Å². The van der Waals surface area contributed by atoms with Crippen LogP contribution in [0, 0.1) is 0 Å². The molecule has 10 rings (SSSR count). The second-order valence-corrected chi connectivity index (χ2v) is 14.7. The van der Waals surface area contributed by atoms with Crippen LogP contribution in [-0.2, 0) is 0 Å². The zero-order valence-electron chi connectivity index (χ0n) is 32.0. The second kappa shape index (κ2) is 15.5. The van der Waals surface area contributed by atoms with Crippen molar-refractivity contribution in [3.05, 3.63) is 243 Å². The van der Waals surface area contributed by atoms with Crippen molar-refractivity contribution in [2.75, 3.05) is 9.80 Å². The predicted molar refractivity (Wildman–Crippen MR) is 247 cm³/mol. The van der Waals surface area contributed by atoms with E-state index in [1.165, 1.54) is 54.9 Å². The Morgan fingerprint density at radius 3 is 0.897 bits per heavy atom. The molecule has 0 saturated carbocycles. The van der Waals surface area contributed by atoms with Crippen LogP contribution in [0.3, 0.4) is 0 Å². The van der Waals surface area contributed by atoms with Crippen molar-refractivity contribution in [2.45, 2.75) is 0 Å². The third kappa shape index (κ3) is 7.00. The number of nitrogens with zero attached hydrogens (tertiary/aromatic N) is 2. The van der Waals surface area contributed by atoms with E-state index in [4.69, 9.17) is 0 Å². The maximum Gasteiger partial charge on any atom is 0.0468 e. The Balaban J connectivity index is 0.897. The monoisotopic (exact) mass is 740 g/mol. The summed E-state index contributed by atoms with van der Waals surface area (Å²) in [7, 11) is 0. The fourth-order valence-corrected chi connectivity index (χ4v) is 8.02. The summed E-state index contributed by atoms with van der Waals surface area (Å²) in [5.41, 5.74) is 13.9. The van der Waals surface area contributed by atoms with Gasteiger partial charge in [0.1, 0.15) is 0 Å². The SMILES string of the molecule is c1ccc(N(c2ccc(-c3ccc(-c4cccc(-c5ccc(N(c6ccccc6)c6ccc7ccccc7c6)cc5)c4)cc3)cc2)c2ccc3ccccc3c2)cc1. The van der Waals surface area contributed by atoms with Crippen LogP contribution in [0.4, 0.5) is 34.1 Å². The van der Waals surface area contributed by atoms with Crippen LogP contribution in [-0.4, -0.2) is 0 Å². The molecular weight excluding hydrogens is 701 g/mol. The van der Waals surface area contributed by atoms with E-state index < -0.39 is 0 Å². The standard InChI is InChI=1S/C56H40N2/c1-3-18-51(19-4-1)57(55-36-30-41-12-7-9-14-49(41)39-55)53-32-26-44(27-33-53)43-22-24-45(25-23-43)47-16-11-17-48(38-47)46-28-34-54(35-29-46)58(52-20-5-2-6-21-52)56-37-31-42-13-8-10-15-50(42)40-56/h1-40H. The molecule has 2 heteroatoms. The highest BCUT2D eigenvalue weighted by atomic mass is 15.1. The molecule has 0 spiro atoms. The van der Waals surface area contributed by atoms with Crippen molar-refractivity contribution < 1.29 is 0 Å². The molecule has 0 saturated heterocycles. The van der Waals surface area contributed by atoms with Crippen LogP contribution in [0.2, 0.25) is 0 Å². The predicted octanol–water partition coefficient (Wildman–Crippen LogP) is 15.9. The van der Waals surface area contributed by atoms with Crippen molar-refractivity contribution in [2.24, 2.45) is 0 Å². The van der Waals surface area contributed by atoms with Gasteiger partial charge in [0, 0.05) is 34.1 Å². The Morgan fingerprint density at radius 1 is 0.172 bits per heavy atom. The molecule has 0 radical (unpaired) electrons. The fraction of sp³-hybridized carbons (Fsp3) is 0. The first-order valence-electron chi connectivity index (χ1n) is 19.8. The normalized spacial score (nSPS) is 11.1. The number of hydrogen-bond acceptors (Lipinski definition) is 2. The summed E-state index contributed by atoms with van der Waals surface area (Å²) in [6.07, 6.45) is 0. The molecule has 0 fully saturated rings. The van der Waals surface area contributed by atoms with Gasteiger partial charge >= 0.3 is 0 Å². The molecule has 0 atom stereocenters. The van der Waals surface area contributed by atoms with Gasteiger partial charge in [-0.1, -0.05) is 164 Å².